The van der Waals surface area contributed by atoms with Gasteiger partial charge in [-0.2, -0.15) is 0 Å². The number of nitrogens with zero attached hydrogens (tertiary/aromatic N) is 1. The highest BCUT2D eigenvalue weighted by atomic mass is 16.6. The number of carbonyl (C=O) groups is 1. The second kappa shape index (κ2) is 11.3. The van der Waals surface area contributed by atoms with Crippen LogP contribution in [0, 0.1) is 0 Å². The largest absolute Gasteiger partial charge is 0.494 e. The van der Waals surface area contributed by atoms with Crippen molar-refractivity contribution in [1.82, 2.24) is 0 Å². The minimum Gasteiger partial charge on any atom is -0.494 e. The van der Waals surface area contributed by atoms with Gasteiger partial charge in [-0.15, -0.1) is 0 Å². The zero-order valence-electron chi connectivity index (χ0n) is 18.0. The van der Waals surface area contributed by atoms with Crippen molar-refractivity contribution in [3.63, 3.8) is 0 Å². The molecule has 0 saturated carbocycles. The van der Waals surface area contributed by atoms with E-state index in [4.69, 9.17) is 9.47 Å². The minimum atomic E-state index is -0.420. The smallest absolute Gasteiger partial charge is 0.363 e. The normalized spacial score (nSPS) is 14.7. The summed E-state index contributed by atoms with van der Waals surface area (Å²) in [5.74, 6) is 0.777. The van der Waals surface area contributed by atoms with Gasteiger partial charge in [0, 0.05) is 5.56 Å². The number of rotatable bonds is 11. The molecule has 0 fully saturated rings. The van der Waals surface area contributed by atoms with E-state index in [2.05, 4.69) is 31.0 Å². The topological polar surface area (TPSA) is 47.9 Å². The van der Waals surface area contributed by atoms with Gasteiger partial charge in [0.1, 0.15) is 5.75 Å². The Morgan fingerprint density at radius 3 is 2.33 bits per heavy atom. The molecule has 0 bridgehead atoms. The number of aliphatic imine (C=N–C) groups is 1. The van der Waals surface area contributed by atoms with Crippen LogP contribution in [0.2, 0.25) is 0 Å². The van der Waals surface area contributed by atoms with E-state index in [0.717, 1.165) is 36.1 Å². The number of ether oxygens (including phenoxy) is 2. The third kappa shape index (κ3) is 6.31. The Labute approximate surface area is 179 Å². The number of esters is 1. The Balaban J connectivity index is 1.62. The SMILES string of the molecule is CCCCCCc1ccc(C2=N/C(=C\c3ccc(OCCCC)cc3)C(=O)O2)cc1. The summed E-state index contributed by atoms with van der Waals surface area (Å²) in [5, 5.41) is 0. The number of cyclic esters (lactones) is 1. The molecule has 0 aliphatic carbocycles. The first kappa shape index (κ1) is 21.8. The lowest BCUT2D eigenvalue weighted by molar-refractivity contribution is -0.129. The van der Waals surface area contributed by atoms with E-state index >= 15 is 0 Å². The van der Waals surface area contributed by atoms with Gasteiger partial charge in [0.2, 0.25) is 5.90 Å². The predicted octanol–water partition coefficient (Wildman–Crippen LogP) is 6.33. The van der Waals surface area contributed by atoms with Crippen LogP contribution in [-0.2, 0) is 16.0 Å². The molecule has 30 heavy (non-hydrogen) atoms. The summed E-state index contributed by atoms with van der Waals surface area (Å²) < 4.78 is 11.1. The lowest BCUT2D eigenvalue weighted by Gasteiger charge is -2.05. The highest BCUT2D eigenvalue weighted by molar-refractivity contribution is 6.12. The Kier molecular flexibility index (Phi) is 8.25. The van der Waals surface area contributed by atoms with Crippen molar-refractivity contribution in [3.8, 4) is 5.75 Å². The zero-order valence-corrected chi connectivity index (χ0v) is 18.0. The standard InChI is InChI=1S/C26H31NO3/c1-3-5-7-8-9-20-10-14-22(15-11-20)25-27-24(26(28)30-25)19-21-12-16-23(17-13-21)29-18-6-4-2/h10-17,19H,3-9,18H2,1-2H3/b24-19-. The monoisotopic (exact) mass is 405 g/mol. The summed E-state index contributed by atoms with van der Waals surface area (Å²) in [5.41, 5.74) is 3.33. The van der Waals surface area contributed by atoms with Crippen LogP contribution in [0.3, 0.4) is 0 Å². The van der Waals surface area contributed by atoms with Crippen LogP contribution in [0.4, 0.5) is 0 Å². The Bertz CT molecular complexity index is 879. The highest BCUT2D eigenvalue weighted by Gasteiger charge is 2.24. The third-order valence-electron chi connectivity index (χ3n) is 5.09. The average Bonchev–Trinajstić information content (AvgIpc) is 3.13. The van der Waals surface area contributed by atoms with Crippen molar-refractivity contribution in [3.05, 3.63) is 70.9 Å². The predicted molar refractivity (Wildman–Crippen MR) is 122 cm³/mol. The molecule has 2 aromatic rings. The van der Waals surface area contributed by atoms with Gasteiger partial charge in [-0.1, -0.05) is 63.8 Å². The van der Waals surface area contributed by atoms with E-state index in [1.807, 2.05) is 36.4 Å². The van der Waals surface area contributed by atoms with Gasteiger partial charge < -0.3 is 9.47 Å². The summed E-state index contributed by atoms with van der Waals surface area (Å²) in [6.07, 6.45) is 9.97. The molecule has 0 saturated heterocycles. The van der Waals surface area contributed by atoms with Crippen molar-refractivity contribution in [2.24, 2.45) is 4.99 Å². The molecule has 2 aromatic carbocycles. The van der Waals surface area contributed by atoms with E-state index in [1.165, 1.54) is 31.2 Å². The van der Waals surface area contributed by atoms with Crippen LogP contribution < -0.4 is 4.74 Å². The molecule has 0 radical (unpaired) electrons. The molecule has 0 aromatic heterocycles. The molecule has 0 atom stereocenters. The second-order valence-corrected chi connectivity index (χ2v) is 7.61. The van der Waals surface area contributed by atoms with Crippen LogP contribution in [0.15, 0.2) is 59.2 Å². The van der Waals surface area contributed by atoms with E-state index in [1.54, 1.807) is 6.08 Å². The van der Waals surface area contributed by atoms with Crippen molar-refractivity contribution in [1.29, 1.82) is 0 Å². The molecule has 4 heteroatoms. The lowest BCUT2D eigenvalue weighted by Crippen LogP contribution is -2.05. The number of hydrogen-bond acceptors (Lipinski definition) is 4. The maximum Gasteiger partial charge on any atom is 0.363 e. The molecule has 0 spiro atoms. The fraction of sp³-hybridized carbons (Fsp3) is 0.385. The molecular formula is C26H31NO3. The summed E-state index contributed by atoms with van der Waals surface area (Å²) in [6, 6.07) is 15.8. The number of hydrogen-bond donors (Lipinski definition) is 0. The number of aryl methyl sites for hydroxylation is 1. The highest BCUT2D eigenvalue weighted by Crippen LogP contribution is 2.21. The summed E-state index contributed by atoms with van der Waals surface area (Å²) >= 11 is 0. The van der Waals surface area contributed by atoms with Crippen molar-refractivity contribution in [2.45, 2.75) is 58.8 Å². The minimum absolute atomic E-state index is 0.313. The molecule has 158 valence electrons. The van der Waals surface area contributed by atoms with Crippen LogP contribution in [0.5, 0.6) is 5.75 Å². The van der Waals surface area contributed by atoms with Crippen LogP contribution in [0.1, 0.15) is 69.1 Å². The Morgan fingerprint density at radius 2 is 1.63 bits per heavy atom. The number of carbonyl (C=O) groups excluding carboxylic acids is 1. The summed E-state index contributed by atoms with van der Waals surface area (Å²) in [7, 11) is 0. The van der Waals surface area contributed by atoms with Crippen molar-refractivity contribution in [2.75, 3.05) is 6.61 Å². The van der Waals surface area contributed by atoms with Gasteiger partial charge >= 0.3 is 5.97 Å². The van der Waals surface area contributed by atoms with Gasteiger partial charge in [0.15, 0.2) is 5.70 Å². The Morgan fingerprint density at radius 1 is 0.900 bits per heavy atom. The molecule has 0 N–H and O–H groups in total. The molecule has 0 unspecified atom stereocenters. The molecule has 1 aliphatic rings. The number of unbranched alkanes of at least 4 members (excludes halogenated alkanes) is 4. The van der Waals surface area contributed by atoms with Crippen LogP contribution in [-0.4, -0.2) is 18.5 Å². The van der Waals surface area contributed by atoms with E-state index in [0.29, 0.717) is 18.2 Å². The van der Waals surface area contributed by atoms with Crippen molar-refractivity contribution < 1.29 is 14.3 Å². The third-order valence-corrected chi connectivity index (χ3v) is 5.09. The first-order chi connectivity index (χ1) is 14.7. The molecule has 4 nitrogen and oxygen atoms in total. The second-order valence-electron chi connectivity index (χ2n) is 7.61. The number of benzene rings is 2. The van der Waals surface area contributed by atoms with Gasteiger partial charge in [0.05, 0.1) is 6.61 Å². The first-order valence-electron chi connectivity index (χ1n) is 11.0. The van der Waals surface area contributed by atoms with E-state index < -0.39 is 5.97 Å². The first-order valence-corrected chi connectivity index (χ1v) is 11.0. The van der Waals surface area contributed by atoms with Gasteiger partial charge in [0.25, 0.3) is 0 Å². The van der Waals surface area contributed by atoms with E-state index in [-0.39, 0.29) is 0 Å². The maximum atomic E-state index is 12.2. The average molecular weight is 406 g/mol. The summed E-state index contributed by atoms with van der Waals surface area (Å²) in [4.78, 5) is 16.7. The lowest BCUT2D eigenvalue weighted by atomic mass is 10.0. The summed E-state index contributed by atoms with van der Waals surface area (Å²) in [6.45, 7) is 5.07. The quantitative estimate of drug-likeness (QED) is 0.249. The maximum absolute atomic E-state index is 12.2. The Hall–Kier alpha value is -2.88. The molecule has 1 heterocycles. The van der Waals surface area contributed by atoms with Gasteiger partial charge in [-0.3, -0.25) is 0 Å². The zero-order chi connectivity index (χ0) is 21.2. The van der Waals surface area contributed by atoms with Crippen LogP contribution >= 0.6 is 0 Å². The fourth-order valence-corrected chi connectivity index (χ4v) is 3.26. The van der Waals surface area contributed by atoms with Crippen molar-refractivity contribution >= 4 is 17.9 Å². The van der Waals surface area contributed by atoms with Crippen LogP contribution in [0.25, 0.3) is 6.08 Å². The fourth-order valence-electron chi connectivity index (χ4n) is 3.26. The molecule has 0 amide bonds. The van der Waals surface area contributed by atoms with Gasteiger partial charge in [-0.05, 0) is 60.7 Å². The van der Waals surface area contributed by atoms with E-state index in [9.17, 15) is 4.79 Å². The molecule has 1 aliphatic heterocycles. The van der Waals surface area contributed by atoms with Gasteiger partial charge in [-0.25, -0.2) is 9.79 Å². The molecular weight excluding hydrogens is 374 g/mol. The molecule has 3 rings (SSSR count).